The van der Waals surface area contributed by atoms with Crippen molar-refractivity contribution < 1.29 is 30.0 Å². The van der Waals surface area contributed by atoms with Gasteiger partial charge < -0.3 is 20.4 Å². The number of thioether (sulfide) groups is 3. The lowest BCUT2D eigenvalue weighted by atomic mass is 10.0. The molecule has 4 unspecified atom stereocenters. The van der Waals surface area contributed by atoms with Crippen molar-refractivity contribution in [2.24, 2.45) is 0 Å². The van der Waals surface area contributed by atoms with Crippen LogP contribution in [0, 0.1) is 0 Å². The van der Waals surface area contributed by atoms with E-state index in [1.165, 1.54) is 178 Å². The molecular weight excluding hydrogens is 917 g/mol. The average Bonchev–Trinajstić information content (AvgIpc) is 3.33. The molecule has 11 heteroatoms. The first kappa shape index (κ1) is 69.2. The summed E-state index contributed by atoms with van der Waals surface area (Å²) < 4.78 is 0. The van der Waals surface area contributed by atoms with Crippen LogP contribution in [-0.4, -0.2) is 127 Å². The van der Waals surface area contributed by atoms with Crippen molar-refractivity contribution in [3.63, 3.8) is 0 Å². The van der Waals surface area contributed by atoms with Gasteiger partial charge in [0.2, 0.25) is 0 Å². The Kier molecular flexibility index (Phi) is 54.5. The van der Waals surface area contributed by atoms with E-state index in [1.54, 1.807) is 11.8 Å². The molecule has 0 aliphatic rings. The number of unbranched alkanes of at least 4 members (excludes halogenated alkanes) is 28. The fraction of sp³-hybridized carbons (Fsp3) is 0.966. The number of carbonyl (C=O) groups excluding carboxylic acids is 2. The summed E-state index contributed by atoms with van der Waals surface area (Å²) in [7, 11) is 0. The second-order valence-corrected chi connectivity index (χ2v) is 24.3. The normalized spacial score (nSPS) is 13.7. The standard InChI is InChI=1S/C58H116N2O6S3/c1-5-9-13-17-21-25-29-33-37-53(61)49-59(50-54(62)38-34-30-26-22-18-14-10-6-2)43-41-57(65)68-47-45-67-46-48-69-58(66)42-44-60(51-55(63)39-35-31-27-23-19-15-11-7-3)52-56(64)40-36-32-28-24-20-16-12-8-4/h53-56,61-64H,5-52H2,1-4H3. The van der Waals surface area contributed by atoms with Gasteiger partial charge in [0.1, 0.15) is 0 Å². The van der Waals surface area contributed by atoms with E-state index in [4.69, 9.17) is 0 Å². The highest BCUT2D eigenvalue weighted by molar-refractivity contribution is 8.15. The minimum Gasteiger partial charge on any atom is -0.392 e. The molecule has 0 heterocycles. The first-order chi connectivity index (χ1) is 33.6. The number of rotatable bonds is 56. The van der Waals surface area contributed by atoms with Crippen molar-refractivity contribution in [1.82, 2.24) is 9.80 Å². The zero-order chi connectivity index (χ0) is 50.7. The molecule has 0 saturated carbocycles. The van der Waals surface area contributed by atoms with Crippen molar-refractivity contribution in [3.8, 4) is 0 Å². The van der Waals surface area contributed by atoms with Gasteiger partial charge in [0.25, 0.3) is 0 Å². The Hall–Kier alpha value is 0.150. The summed E-state index contributed by atoms with van der Waals surface area (Å²) in [6.07, 6.45) is 41.8. The van der Waals surface area contributed by atoms with Crippen LogP contribution < -0.4 is 0 Å². The molecule has 0 aliphatic heterocycles. The molecule has 0 aromatic carbocycles. The molecule has 412 valence electrons. The minimum atomic E-state index is -0.437. The summed E-state index contributed by atoms with van der Waals surface area (Å²) in [6.45, 7) is 12.2. The molecule has 69 heavy (non-hydrogen) atoms. The van der Waals surface area contributed by atoms with Gasteiger partial charge in [-0.1, -0.05) is 257 Å². The Balaban J connectivity index is 4.72. The third kappa shape index (κ3) is 51.4. The lowest BCUT2D eigenvalue weighted by Gasteiger charge is -2.27. The monoisotopic (exact) mass is 1030 g/mol. The molecule has 8 nitrogen and oxygen atoms in total. The lowest BCUT2D eigenvalue weighted by Crippen LogP contribution is -2.39. The topological polar surface area (TPSA) is 122 Å². The van der Waals surface area contributed by atoms with Crippen molar-refractivity contribution >= 4 is 45.5 Å². The van der Waals surface area contributed by atoms with E-state index in [1.807, 2.05) is 0 Å². The third-order valence-corrected chi connectivity index (χ3v) is 17.1. The Morgan fingerprint density at radius 1 is 0.333 bits per heavy atom. The van der Waals surface area contributed by atoms with Gasteiger partial charge in [-0.15, -0.1) is 0 Å². The predicted molar refractivity (Wildman–Crippen MR) is 307 cm³/mol. The fourth-order valence-corrected chi connectivity index (χ4v) is 12.0. The quantitative estimate of drug-likeness (QED) is 0.0436. The summed E-state index contributed by atoms with van der Waals surface area (Å²) in [4.78, 5) is 30.2. The second-order valence-electron chi connectivity index (χ2n) is 20.7. The molecule has 0 spiro atoms. The highest BCUT2D eigenvalue weighted by Gasteiger charge is 2.19. The molecule has 0 aromatic rings. The Bertz CT molecular complexity index is 943. The van der Waals surface area contributed by atoms with Gasteiger partial charge in [0.05, 0.1) is 24.4 Å². The Morgan fingerprint density at radius 3 is 0.783 bits per heavy atom. The van der Waals surface area contributed by atoms with Crippen LogP contribution in [0.15, 0.2) is 0 Å². The zero-order valence-electron chi connectivity index (χ0n) is 46.0. The van der Waals surface area contributed by atoms with Gasteiger partial charge in [-0.25, -0.2) is 0 Å². The predicted octanol–water partition coefficient (Wildman–Crippen LogP) is 15.2. The van der Waals surface area contributed by atoms with E-state index in [0.29, 0.717) is 52.1 Å². The number of aliphatic hydroxyl groups is 4. The maximum absolute atomic E-state index is 13.0. The van der Waals surface area contributed by atoms with E-state index in [0.717, 1.165) is 100 Å². The number of hydrogen-bond acceptors (Lipinski definition) is 11. The van der Waals surface area contributed by atoms with Gasteiger partial charge in [0, 0.05) is 75.1 Å². The maximum atomic E-state index is 13.0. The molecule has 0 bridgehead atoms. The first-order valence-electron chi connectivity index (χ1n) is 29.7. The van der Waals surface area contributed by atoms with Crippen LogP contribution >= 0.6 is 35.3 Å². The van der Waals surface area contributed by atoms with Crippen molar-refractivity contribution in [2.75, 3.05) is 62.3 Å². The summed E-state index contributed by atoms with van der Waals surface area (Å²) in [5.74, 6) is 3.18. The van der Waals surface area contributed by atoms with Gasteiger partial charge in [-0.3, -0.25) is 19.4 Å². The van der Waals surface area contributed by atoms with Crippen molar-refractivity contribution in [2.45, 2.75) is 296 Å². The van der Waals surface area contributed by atoms with Gasteiger partial charge in [0.15, 0.2) is 10.2 Å². The van der Waals surface area contributed by atoms with Gasteiger partial charge in [-0.05, 0) is 25.7 Å². The van der Waals surface area contributed by atoms with Crippen molar-refractivity contribution in [1.29, 1.82) is 0 Å². The smallest absolute Gasteiger partial charge is 0.190 e. The van der Waals surface area contributed by atoms with Gasteiger partial charge >= 0.3 is 0 Å². The number of carbonyl (C=O) groups is 2. The second kappa shape index (κ2) is 54.4. The summed E-state index contributed by atoms with van der Waals surface area (Å²) in [6, 6.07) is 0. The molecule has 4 atom stereocenters. The van der Waals surface area contributed by atoms with E-state index in [-0.39, 0.29) is 10.2 Å². The Labute approximate surface area is 441 Å². The molecule has 4 N–H and O–H groups in total. The van der Waals surface area contributed by atoms with Crippen LogP contribution in [0.3, 0.4) is 0 Å². The summed E-state index contributed by atoms with van der Waals surface area (Å²) in [5, 5.41) is 44.2. The van der Waals surface area contributed by atoms with E-state index in [2.05, 4.69) is 37.5 Å². The highest BCUT2D eigenvalue weighted by Crippen LogP contribution is 2.19. The molecule has 0 saturated heterocycles. The SMILES string of the molecule is CCCCCCCCCCC(O)CN(CCC(=O)SCCSCCSC(=O)CCN(CC(O)CCCCCCCCCC)CC(O)CCCCCCCCCC)CC(O)CCCCCCCCCC. The average molecular weight is 1030 g/mol. The fourth-order valence-electron chi connectivity index (χ4n) is 9.30. The van der Waals surface area contributed by atoms with Crippen molar-refractivity contribution in [3.05, 3.63) is 0 Å². The summed E-state index contributed by atoms with van der Waals surface area (Å²) >= 11 is 4.55. The van der Waals surface area contributed by atoms with E-state index in [9.17, 15) is 30.0 Å². The summed E-state index contributed by atoms with van der Waals surface area (Å²) in [5.41, 5.74) is 0. The largest absolute Gasteiger partial charge is 0.392 e. The molecular formula is C58H116N2O6S3. The molecule has 0 rings (SSSR count). The van der Waals surface area contributed by atoms with Crippen LogP contribution in [0.2, 0.25) is 0 Å². The van der Waals surface area contributed by atoms with Crippen LogP contribution in [0.4, 0.5) is 0 Å². The minimum absolute atomic E-state index is 0.163. The molecule has 0 radical (unpaired) electrons. The van der Waals surface area contributed by atoms with Crippen LogP contribution in [0.1, 0.15) is 272 Å². The molecule has 0 aliphatic carbocycles. The highest BCUT2D eigenvalue weighted by atomic mass is 32.2. The van der Waals surface area contributed by atoms with E-state index >= 15 is 0 Å². The first-order valence-corrected chi connectivity index (χ1v) is 32.8. The zero-order valence-corrected chi connectivity index (χ0v) is 48.4. The van der Waals surface area contributed by atoms with Crippen LogP contribution in [0.5, 0.6) is 0 Å². The van der Waals surface area contributed by atoms with E-state index < -0.39 is 24.4 Å². The van der Waals surface area contributed by atoms with Crippen LogP contribution in [0.25, 0.3) is 0 Å². The van der Waals surface area contributed by atoms with Gasteiger partial charge in [-0.2, -0.15) is 11.8 Å². The number of nitrogens with zero attached hydrogens (tertiary/aromatic N) is 2. The number of aliphatic hydroxyl groups excluding tert-OH is 4. The number of hydrogen-bond donors (Lipinski definition) is 4. The lowest BCUT2D eigenvalue weighted by molar-refractivity contribution is -0.112. The Morgan fingerprint density at radius 2 is 0.551 bits per heavy atom. The third-order valence-electron chi connectivity index (χ3n) is 13.7. The molecule has 0 aromatic heterocycles. The van der Waals surface area contributed by atoms with Crippen LogP contribution in [-0.2, 0) is 9.59 Å². The molecule has 0 fully saturated rings. The molecule has 0 amide bonds. The maximum Gasteiger partial charge on any atom is 0.190 e.